The molecule has 3 amide bonds. The van der Waals surface area contributed by atoms with E-state index in [2.05, 4.69) is 20.4 Å². The Balaban J connectivity index is 1.10. The van der Waals surface area contributed by atoms with Crippen molar-refractivity contribution >= 4 is 52.5 Å². The summed E-state index contributed by atoms with van der Waals surface area (Å²) >= 11 is 7.94. The van der Waals surface area contributed by atoms with Crippen molar-refractivity contribution in [3.05, 3.63) is 47.6 Å². The summed E-state index contributed by atoms with van der Waals surface area (Å²) in [6, 6.07) is 11.3. The topological polar surface area (TPSA) is 90.4 Å². The number of thioether (sulfide) groups is 1. The monoisotopic (exact) mass is 528 g/mol. The van der Waals surface area contributed by atoms with Crippen molar-refractivity contribution in [3.63, 3.8) is 0 Å². The highest BCUT2D eigenvalue weighted by Gasteiger charge is 2.45. The van der Waals surface area contributed by atoms with Crippen LogP contribution in [0.2, 0.25) is 5.02 Å². The van der Waals surface area contributed by atoms with E-state index in [1.54, 1.807) is 28.9 Å². The number of piperazine rings is 1. The maximum absolute atomic E-state index is 13.1. The van der Waals surface area contributed by atoms with Gasteiger partial charge in [0.2, 0.25) is 0 Å². The number of nitrogens with one attached hydrogen (secondary N) is 1. The van der Waals surface area contributed by atoms with Crippen molar-refractivity contribution in [2.45, 2.75) is 29.8 Å². The molecule has 1 N–H and O–H groups in total. The van der Waals surface area contributed by atoms with Crippen molar-refractivity contribution in [2.75, 3.05) is 55.7 Å². The molecular formula is C25H29ClN6O3S. The number of urea groups is 1. The van der Waals surface area contributed by atoms with E-state index in [-0.39, 0.29) is 11.9 Å². The quantitative estimate of drug-likeness (QED) is 0.604. The third kappa shape index (κ3) is 5.24. The zero-order valence-electron chi connectivity index (χ0n) is 20.2. The molecule has 2 saturated heterocycles. The Morgan fingerprint density at radius 1 is 1.03 bits per heavy atom. The van der Waals surface area contributed by atoms with Gasteiger partial charge in [0, 0.05) is 75.3 Å². The summed E-state index contributed by atoms with van der Waals surface area (Å²) in [4.78, 5) is 42.9. The number of aromatic nitrogens is 1. The molecule has 0 radical (unpaired) electrons. The third-order valence-corrected chi connectivity index (χ3v) is 8.03. The molecule has 0 bridgehead atoms. The van der Waals surface area contributed by atoms with Gasteiger partial charge in [-0.1, -0.05) is 16.8 Å². The fourth-order valence-corrected chi connectivity index (χ4v) is 5.46. The van der Waals surface area contributed by atoms with E-state index in [0.717, 1.165) is 16.4 Å². The van der Waals surface area contributed by atoms with E-state index >= 15 is 0 Å². The summed E-state index contributed by atoms with van der Waals surface area (Å²) in [7, 11) is 0. The number of carbonyl (C=O) groups is 2. The summed E-state index contributed by atoms with van der Waals surface area (Å²) in [5, 5.41) is 7.76. The number of rotatable bonds is 4. The molecule has 1 aromatic carbocycles. The molecule has 9 nitrogen and oxygen atoms in total. The first-order chi connectivity index (χ1) is 17.5. The van der Waals surface area contributed by atoms with Gasteiger partial charge < -0.3 is 24.9 Å². The molecule has 11 heteroatoms. The Labute approximate surface area is 219 Å². The van der Waals surface area contributed by atoms with E-state index in [4.69, 9.17) is 16.4 Å². The van der Waals surface area contributed by atoms with Gasteiger partial charge in [-0.3, -0.25) is 4.79 Å². The minimum atomic E-state index is -0.509. The molecule has 2 aromatic rings. The minimum absolute atomic E-state index is 0.0764. The van der Waals surface area contributed by atoms with Crippen LogP contribution in [0.4, 0.5) is 16.3 Å². The van der Waals surface area contributed by atoms with Crippen LogP contribution in [0.25, 0.3) is 0 Å². The van der Waals surface area contributed by atoms with Crippen LogP contribution in [0, 0.1) is 0 Å². The zero-order valence-corrected chi connectivity index (χ0v) is 21.7. The fraction of sp³-hybridized carbons (Fsp3) is 0.440. The summed E-state index contributed by atoms with van der Waals surface area (Å²) < 4.78 is 0. The number of anilines is 2. The number of likely N-dealkylation sites (tertiary alicyclic amines) is 1. The van der Waals surface area contributed by atoms with Gasteiger partial charge in [-0.05, 0) is 42.7 Å². The second kappa shape index (κ2) is 10.6. The Hall–Kier alpha value is -2.98. The van der Waals surface area contributed by atoms with E-state index in [1.807, 2.05) is 41.5 Å². The number of nitrogens with zero attached hydrogens (tertiary/aromatic N) is 5. The van der Waals surface area contributed by atoms with Crippen LogP contribution < -0.4 is 10.2 Å². The molecule has 2 fully saturated rings. The smallest absolute Gasteiger partial charge is 0.321 e. The standard InChI is InChI=1S/C25H29ClN6O3S/c1-36-19-6-4-18(5-7-19)28-24(34)32-11-8-25(9-12-32)17-21(29-35-25)23(33)31-15-13-30(14-16-31)22-20(26)3-2-10-27-22/h2-7,10H,8-9,11-17H2,1H3,(H,28,34). The van der Waals surface area contributed by atoms with Gasteiger partial charge >= 0.3 is 6.03 Å². The lowest BCUT2D eigenvalue weighted by molar-refractivity contribution is -0.124. The van der Waals surface area contributed by atoms with Gasteiger partial charge in [0.05, 0.1) is 5.02 Å². The van der Waals surface area contributed by atoms with Crippen molar-refractivity contribution < 1.29 is 14.4 Å². The highest BCUT2D eigenvalue weighted by Crippen LogP contribution is 2.35. The Bertz CT molecular complexity index is 1140. The van der Waals surface area contributed by atoms with E-state index in [9.17, 15) is 9.59 Å². The van der Waals surface area contributed by atoms with Gasteiger partial charge in [-0.2, -0.15) is 0 Å². The normalized spacial score (nSPS) is 19.2. The number of hydrogen-bond donors (Lipinski definition) is 1. The second-order valence-electron chi connectivity index (χ2n) is 9.22. The second-order valence-corrected chi connectivity index (χ2v) is 10.5. The number of halogens is 1. The fourth-order valence-electron chi connectivity index (χ4n) is 4.81. The molecule has 0 aliphatic carbocycles. The summed E-state index contributed by atoms with van der Waals surface area (Å²) in [5.41, 5.74) is 0.730. The first kappa shape index (κ1) is 24.7. The van der Waals surface area contributed by atoms with Gasteiger partial charge in [-0.15, -0.1) is 11.8 Å². The molecule has 1 aromatic heterocycles. The SMILES string of the molecule is CSc1ccc(NC(=O)N2CCC3(CC2)CC(C(=O)N2CCN(c4ncccc4Cl)CC2)=NO3)cc1. The Kier molecular flexibility index (Phi) is 7.25. The molecule has 1 spiro atoms. The largest absolute Gasteiger partial charge is 0.388 e. The number of pyridine rings is 1. The number of carbonyl (C=O) groups excluding carboxylic acids is 2. The molecule has 0 saturated carbocycles. The van der Waals surface area contributed by atoms with Crippen molar-refractivity contribution in [3.8, 4) is 0 Å². The number of benzene rings is 1. The Morgan fingerprint density at radius 3 is 2.42 bits per heavy atom. The van der Waals surface area contributed by atoms with Crippen molar-refractivity contribution in [1.82, 2.24) is 14.8 Å². The molecule has 0 atom stereocenters. The maximum Gasteiger partial charge on any atom is 0.321 e. The summed E-state index contributed by atoms with van der Waals surface area (Å²) in [5.74, 6) is 0.673. The Morgan fingerprint density at radius 2 is 1.75 bits per heavy atom. The number of hydrogen-bond acceptors (Lipinski definition) is 7. The predicted molar refractivity (Wildman–Crippen MR) is 142 cm³/mol. The number of amides is 3. The van der Waals surface area contributed by atoms with Crippen LogP contribution in [0.3, 0.4) is 0 Å². The van der Waals surface area contributed by atoms with Crippen molar-refractivity contribution in [1.29, 1.82) is 0 Å². The first-order valence-electron chi connectivity index (χ1n) is 12.1. The first-order valence-corrected chi connectivity index (χ1v) is 13.7. The van der Waals surface area contributed by atoms with Gasteiger partial charge in [-0.25, -0.2) is 9.78 Å². The summed E-state index contributed by atoms with van der Waals surface area (Å²) in [6.07, 6.45) is 5.49. The molecule has 5 rings (SSSR count). The minimum Gasteiger partial charge on any atom is -0.388 e. The van der Waals surface area contributed by atoms with E-state index in [0.29, 0.717) is 69.3 Å². The molecule has 36 heavy (non-hydrogen) atoms. The highest BCUT2D eigenvalue weighted by molar-refractivity contribution is 7.98. The molecule has 0 unspecified atom stereocenters. The molecule has 190 valence electrons. The number of piperidine rings is 1. The van der Waals surface area contributed by atoms with Crippen LogP contribution in [-0.4, -0.2) is 83.6 Å². The average Bonchev–Trinajstić information content (AvgIpc) is 3.33. The van der Waals surface area contributed by atoms with Crippen LogP contribution >= 0.6 is 23.4 Å². The van der Waals surface area contributed by atoms with Gasteiger partial charge in [0.25, 0.3) is 5.91 Å². The molecule has 4 heterocycles. The van der Waals surface area contributed by atoms with Crippen molar-refractivity contribution in [2.24, 2.45) is 5.16 Å². The van der Waals surface area contributed by atoms with E-state index in [1.165, 1.54) is 0 Å². The zero-order chi connectivity index (χ0) is 25.1. The lowest BCUT2D eigenvalue weighted by atomic mass is 9.86. The molecule has 3 aliphatic rings. The number of oxime groups is 1. The van der Waals surface area contributed by atoms with Crippen LogP contribution in [0.15, 0.2) is 52.6 Å². The molecule has 3 aliphatic heterocycles. The maximum atomic E-state index is 13.1. The lowest BCUT2D eigenvalue weighted by Crippen LogP contribution is -2.52. The highest BCUT2D eigenvalue weighted by atomic mass is 35.5. The average molecular weight is 529 g/mol. The lowest BCUT2D eigenvalue weighted by Gasteiger charge is -2.37. The third-order valence-electron chi connectivity index (χ3n) is 6.99. The van der Waals surface area contributed by atoms with Crippen LogP contribution in [0.1, 0.15) is 19.3 Å². The van der Waals surface area contributed by atoms with Gasteiger partial charge in [0.15, 0.2) is 0 Å². The summed E-state index contributed by atoms with van der Waals surface area (Å²) in [6.45, 7) is 3.56. The van der Waals surface area contributed by atoms with Crippen LogP contribution in [0.5, 0.6) is 0 Å². The van der Waals surface area contributed by atoms with E-state index < -0.39 is 5.60 Å². The molecular weight excluding hydrogens is 500 g/mol. The van der Waals surface area contributed by atoms with Crippen LogP contribution in [-0.2, 0) is 9.63 Å². The predicted octanol–water partition coefficient (Wildman–Crippen LogP) is 3.95. The van der Waals surface area contributed by atoms with Gasteiger partial charge in [0.1, 0.15) is 17.1 Å².